The molecule has 0 aromatic carbocycles. The fraction of sp³-hybridized carbons (Fsp3) is 0.750. The third-order valence-electron chi connectivity index (χ3n) is 5.56. The Balaban J connectivity index is 1.67. The fourth-order valence-electron chi connectivity index (χ4n) is 4.84. The normalized spacial score (nSPS) is 37.5. The van der Waals surface area contributed by atoms with E-state index in [2.05, 4.69) is 0 Å². The standard InChI is InChI=1S/C16H22/c1-3-7-13-11(5-1)9-15-14-8-4-2-6-12(14)10-16(13)15/h11,13H,1-10H2. The van der Waals surface area contributed by atoms with Crippen LogP contribution >= 0.6 is 0 Å². The number of fused-ring (bicyclic) bond motifs is 3. The average molecular weight is 214 g/mol. The van der Waals surface area contributed by atoms with E-state index >= 15 is 0 Å². The Morgan fingerprint density at radius 1 is 0.812 bits per heavy atom. The summed E-state index contributed by atoms with van der Waals surface area (Å²) >= 11 is 0. The Morgan fingerprint density at radius 3 is 2.69 bits per heavy atom. The molecule has 0 heteroatoms. The summed E-state index contributed by atoms with van der Waals surface area (Å²) < 4.78 is 0. The predicted octanol–water partition coefficient (Wildman–Crippen LogP) is 4.77. The van der Waals surface area contributed by atoms with Gasteiger partial charge in [-0.1, -0.05) is 24.0 Å². The van der Waals surface area contributed by atoms with Crippen molar-refractivity contribution in [1.29, 1.82) is 0 Å². The molecule has 0 amide bonds. The highest BCUT2D eigenvalue weighted by molar-refractivity contribution is 5.52. The molecule has 0 aliphatic heterocycles. The predicted molar refractivity (Wildman–Crippen MR) is 67.2 cm³/mol. The van der Waals surface area contributed by atoms with Gasteiger partial charge >= 0.3 is 0 Å². The molecular formula is C16H22. The topological polar surface area (TPSA) is 0 Å². The summed E-state index contributed by atoms with van der Waals surface area (Å²) in [4.78, 5) is 0. The SMILES string of the molecule is C1CCC2=C(C1)CC1=C2CC2CCCCC12. The third-order valence-corrected chi connectivity index (χ3v) is 5.56. The van der Waals surface area contributed by atoms with Crippen LogP contribution in [0.25, 0.3) is 0 Å². The van der Waals surface area contributed by atoms with E-state index in [4.69, 9.17) is 0 Å². The summed E-state index contributed by atoms with van der Waals surface area (Å²) in [7, 11) is 0. The summed E-state index contributed by atoms with van der Waals surface area (Å²) in [5.41, 5.74) is 7.53. The van der Waals surface area contributed by atoms with Gasteiger partial charge in [0.1, 0.15) is 0 Å². The Labute approximate surface area is 98.8 Å². The van der Waals surface area contributed by atoms with Crippen molar-refractivity contribution in [2.45, 2.75) is 64.2 Å². The Hall–Kier alpha value is -0.520. The van der Waals surface area contributed by atoms with Crippen molar-refractivity contribution < 1.29 is 0 Å². The van der Waals surface area contributed by atoms with Crippen molar-refractivity contribution in [3.8, 4) is 0 Å². The summed E-state index contributed by atoms with van der Waals surface area (Å²) in [5, 5.41) is 0. The maximum Gasteiger partial charge on any atom is -0.00937 e. The largest absolute Gasteiger partial charge is 0.0627 e. The molecule has 0 bridgehead atoms. The lowest BCUT2D eigenvalue weighted by molar-refractivity contribution is 0.289. The van der Waals surface area contributed by atoms with E-state index in [0.717, 1.165) is 11.8 Å². The van der Waals surface area contributed by atoms with E-state index in [9.17, 15) is 0 Å². The van der Waals surface area contributed by atoms with Crippen molar-refractivity contribution >= 4 is 0 Å². The van der Waals surface area contributed by atoms with E-state index in [0.29, 0.717) is 0 Å². The lowest BCUT2D eigenvalue weighted by atomic mass is 9.76. The van der Waals surface area contributed by atoms with Crippen LogP contribution in [0.2, 0.25) is 0 Å². The quantitative estimate of drug-likeness (QED) is 0.545. The van der Waals surface area contributed by atoms with Crippen LogP contribution in [0, 0.1) is 11.8 Å². The van der Waals surface area contributed by atoms with Crippen LogP contribution < -0.4 is 0 Å². The first-order valence-corrected chi connectivity index (χ1v) is 7.36. The molecule has 0 aromatic heterocycles. The Morgan fingerprint density at radius 2 is 1.69 bits per heavy atom. The first-order valence-electron chi connectivity index (χ1n) is 7.36. The molecule has 4 rings (SSSR count). The third kappa shape index (κ3) is 1.22. The van der Waals surface area contributed by atoms with Crippen LogP contribution in [0.4, 0.5) is 0 Å². The maximum absolute atomic E-state index is 1.93. The molecule has 0 radical (unpaired) electrons. The van der Waals surface area contributed by atoms with Gasteiger partial charge < -0.3 is 0 Å². The zero-order valence-electron chi connectivity index (χ0n) is 10.2. The molecule has 86 valence electrons. The van der Waals surface area contributed by atoms with Crippen LogP contribution in [0.15, 0.2) is 22.3 Å². The van der Waals surface area contributed by atoms with E-state index in [1.165, 1.54) is 64.2 Å². The number of hydrogen-bond acceptors (Lipinski definition) is 0. The lowest BCUT2D eigenvalue weighted by Gasteiger charge is -2.28. The number of allylic oxidation sites excluding steroid dienone is 4. The second-order valence-corrected chi connectivity index (χ2v) is 6.32. The minimum Gasteiger partial charge on any atom is -0.0627 e. The highest BCUT2D eigenvalue weighted by atomic mass is 14.5. The molecule has 0 spiro atoms. The molecule has 0 aromatic rings. The number of hydrogen-bond donors (Lipinski definition) is 0. The van der Waals surface area contributed by atoms with Crippen LogP contribution in [0.5, 0.6) is 0 Å². The minimum absolute atomic E-state index is 1.02. The first kappa shape index (κ1) is 9.50. The van der Waals surface area contributed by atoms with Crippen molar-refractivity contribution in [1.82, 2.24) is 0 Å². The highest BCUT2D eigenvalue weighted by Crippen LogP contribution is 2.55. The highest BCUT2D eigenvalue weighted by Gasteiger charge is 2.40. The van der Waals surface area contributed by atoms with Gasteiger partial charge in [0.2, 0.25) is 0 Å². The van der Waals surface area contributed by atoms with Gasteiger partial charge in [-0.2, -0.15) is 0 Å². The Kier molecular flexibility index (Phi) is 2.07. The smallest absolute Gasteiger partial charge is 0.00937 e. The molecule has 0 heterocycles. The molecule has 1 saturated carbocycles. The zero-order valence-corrected chi connectivity index (χ0v) is 10.2. The summed E-state index contributed by atoms with van der Waals surface area (Å²) in [6.45, 7) is 0. The first-order chi connectivity index (χ1) is 7.93. The summed E-state index contributed by atoms with van der Waals surface area (Å²) in [6.07, 6.45) is 14.7. The van der Waals surface area contributed by atoms with Gasteiger partial charge in [-0.25, -0.2) is 0 Å². The van der Waals surface area contributed by atoms with Crippen LogP contribution in [0.3, 0.4) is 0 Å². The van der Waals surface area contributed by atoms with Crippen LogP contribution in [-0.2, 0) is 0 Å². The van der Waals surface area contributed by atoms with Crippen molar-refractivity contribution in [3.05, 3.63) is 22.3 Å². The van der Waals surface area contributed by atoms with Gasteiger partial charge in [0, 0.05) is 0 Å². The van der Waals surface area contributed by atoms with E-state index < -0.39 is 0 Å². The molecule has 0 N–H and O–H groups in total. The van der Waals surface area contributed by atoms with Crippen molar-refractivity contribution in [3.63, 3.8) is 0 Å². The molecule has 16 heavy (non-hydrogen) atoms. The van der Waals surface area contributed by atoms with E-state index in [-0.39, 0.29) is 0 Å². The second-order valence-electron chi connectivity index (χ2n) is 6.32. The van der Waals surface area contributed by atoms with Crippen LogP contribution in [0.1, 0.15) is 64.2 Å². The van der Waals surface area contributed by atoms with Gasteiger partial charge in [-0.3, -0.25) is 0 Å². The molecule has 1 fully saturated rings. The monoisotopic (exact) mass is 214 g/mol. The van der Waals surface area contributed by atoms with E-state index in [1.807, 2.05) is 22.3 Å². The van der Waals surface area contributed by atoms with Gasteiger partial charge in [-0.15, -0.1) is 0 Å². The van der Waals surface area contributed by atoms with Gasteiger partial charge in [0.25, 0.3) is 0 Å². The minimum atomic E-state index is 1.02. The second kappa shape index (κ2) is 3.48. The molecule has 4 aliphatic rings. The van der Waals surface area contributed by atoms with Crippen molar-refractivity contribution in [2.24, 2.45) is 11.8 Å². The van der Waals surface area contributed by atoms with Gasteiger partial charge in [0.15, 0.2) is 0 Å². The lowest BCUT2D eigenvalue weighted by Crippen LogP contribution is -2.17. The molecule has 2 unspecified atom stereocenters. The van der Waals surface area contributed by atoms with E-state index in [1.54, 1.807) is 0 Å². The van der Waals surface area contributed by atoms with Gasteiger partial charge in [-0.05, 0) is 74.3 Å². The fourth-order valence-corrected chi connectivity index (χ4v) is 4.84. The molecule has 0 saturated heterocycles. The number of rotatable bonds is 0. The molecular weight excluding hydrogens is 192 g/mol. The van der Waals surface area contributed by atoms with Crippen molar-refractivity contribution in [2.75, 3.05) is 0 Å². The average Bonchev–Trinajstić information content (AvgIpc) is 2.85. The summed E-state index contributed by atoms with van der Waals surface area (Å²) in [5.74, 6) is 2.09. The Bertz CT molecular complexity index is 383. The molecule has 2 atom stereocenters. The van der Waals surface area contributed by atoms with Crippen LogP contribution in [-0.4, -0.2) is 0 Å². The summed E-state index contributed by atoms with van der Waals surface area (Å²) in [6, 6.07) is 0. The molecule has 0 nitrogen and oxygen atoms in total. The zero-order chi connectivity index (χ0) is 10.5. The van der Waals surface area contributed by atoms with Gasteiger partial charge in [0.05, 0.1) is 0 Å². The maximum atomic E-state index is 1.93. The molecule has 4 aliphatic carbocycles.